The number of hydrogen-bond donors (Lipinski definition) is 1. The van der Waals surface area contributed by atoms with Gasteiger partial charge in [-0.1, -0.05) is 18.2 Å². The number of esters is 1. The van der Waals surface area contributed by atoms with Crippen molar-refractivity contribution in [2.75, 3.05) is 19.8 Å². The van der Waals surface area contributed by atoms with E-state index in [1.54, 1.807) is 19.1 Å². The van der Waals surface area contributed by atoms with Crippen LogP contribution in [0.15, 0.2) is 24.3 Å². The Morgan fingerprint density at radius 1 is 1.42 bits per heavy atom. The lowest BCUT2D eigenvalue weighted by molar-refractivity contribution is 0.0621. The zero-order valence-corrected chi connectivity index (χ0v) is 10.8. The molecule has 1 N–H and O–H groups in total. The van der Waals surface area contributed by atoms with Crippen LogP contribution in [0.1, 0.15) is 35.2 Å². The van der Waals surface area contributed by atoms with Crippen molar-refractivity contribution < 1.29 is 19.1 Å². The molecule has 1 unspecified atom stereocenters. The maximum Gasteiger partial charge on any atom is 0.415 e. The monoisotopic (exact) mass is 263 g/mol. The van der Waals surface area contributed by atoms with Crippen molar-refractivity contribution in [3.05, 3.63) is 35.4 Å². The first-order valence-corrected chi connectivity index (χ1v) is 6.39. The molecule has 1 aliphatic rings. The normalized spacial score (nSPS) is 18.1. The average molecular weight is 263 g/mol. The van der Waals surface area contributed by atoms with Gasteiger partial charge >= 0.3 is 12.1 Å². The van der Waals surface area contributed by atoms with E-state index in [1.807, 2.05) is 12.1 Å². The van der Waals surface area contributed by atoms with Crippen molar-refractivity contribution in [1.82, 2.24) is 5.32 Å². The van der Waals surface area contributed by atoms with Gasteiger partial charge in [0.15, 0.2) is 0 Å². The number of carbonyl (C=O) groups excluding carboxylic acids is 2. The van der Waals surface area contributed by atoms with E-state index < -0.39 is 12.1 Å². The van der Waals surface area contributed by atoms with Gasteiger partial charge in [0.2, 0.25) is 0 Å². The molecule has 1 heterocycles. The maximum atomic E-state index is 12.0. The molecular formula is C14H17NO4. The largest absolute Gasteiger partial charge is 0.415 e. The second kappa shape index (κ2) is 6.33. The number of benzene rings is 1. The first-order chi connectivity index (χ1) is 9.22. The average Bonchev–Trinajstić information content (AvgIpc) is 2.92. The van der Waals surface area contributed by atoms with Crippen LogP contribution in [0.2, 0.25) is 0 Å². The maximum absolute atomic E-state index is 12.0. The third-order valence-electron chi connectivity index (χ3n) is 3.06. The lowest BCUT2D eigenvalue weighted by Gasteiger charge is -2.12. The number of alkyl carbamates (subject to hydrolysis) is 1. The van der Waals surface area contributed by atoms with Gasteiger partial charge in [0, 0.05) is 19.1 Å². The van der Waals surface area contributed by atoms with Crippen LogP contribution in [0.25, 0.3) is 0 Å². The molecule has 102 valence electrons. The summed E-state index contributed by atoms with van der Waals surface area (Å²) in [4.78, 5) is 23.3. The van der Waals surface area contributed by atoms with Crippen LogP contribution in [-0.4, -0.2) is 31.8 Å². The molecule has 5 nitrogen and oxygen atoms in total. The molecule has 0 aliphatic carbocycles. The van der Waals surface area contributed by atoms with Gasteiger partial charge in [0.05, 0.1) is 12.2 Å². The minimum absolute atomic E-state index is 0.193. The summed E-state index contributed by atoms with van der Waals surface area (Å²) in [7, 11) is 0. The Hall–Kier alpha value is -1.88. The minimum atomic E-state index is -0.718. The lowest BCUT2D eigenvalue weighted by Crippen LogP contribution is -2.27. The quantitative estimate of drug-likeness (QED) is 0.670. The Bertz CT molecular complexity index is 466. The van der Waals surface area contributed by atoms with Crippen LogP contribution in [0.5, 0.6) is 0 Å². The minimum Gasteiger partial charge on any atom is -0.381 e. The van der Waals surface area contributed by atoms with E-state index in [0.717, 1.165) is 12.0 Å². The number of amides is 1. The highest BCUT2D eigenvalue weighted by Gasteiger charge is 2.24. The molecule has 0 spiro atoms. The summed E-state index contributed by atoms with van der Waals surface area (Å²) in [5, 5.41) is 2.43. The third kappa shape index (κ3) is 3.32. The van der Waals surface area contributed by atoms with Crippen molar-refractivity contribution in [3.63, 3.8) is 0 Å². The smallest absolute Gasteiger partial charge is 0.381 e. The predicted octanol–water partition coefficient (Wildman–Crippen LogP) is 2.08. The number of hydrogen-bond acceptors (Lipinski definition) is 4. The van der Waals surface area contributed by atoms with E-state index in [2.05, 4.69) is 5.32 Å². The summed E-state index contributed by atoms with van der Waals surface area (Å²) >= 11 is 0. The van der Waals surface area contributed by atoms with Gasteiger partial charge in [-0.05, 0) is 25.0 Å². The highest BCUT2D eigenvalue weighted by atomic mass is 16.6. The van der Waals surface area contributed by atoms with E-state index in [1.165, 1.54) is 0 Å². The molecule has 1 aromatic carbocycles. The molecule has 1 atom stereocenters. The highest BCUT2D eigenvalue weighted by Crippen LogP contribution is 2.28. The summed E-state index contributed by atoms with van der Waals surface area (Å²) in [5.41, 5.74) is 1.32. The third-order valence-corrected chi connectivity index (χ3v) is 3.06. The molecule has 1 saturated heterocycles. The second-order valence-electron chi connectivity index (χ2n) is 4.36. The molecule has 0 aromatic heterocycles. The standard InChI is InChI=1S/C14H17NO4/c1-2-15-14(17)19-13(16)12-6-4-3-5-11(12)10-7-8-18-9-10/h3-6,10H,2,7-9H2,1H3,(H,15,17). The molecule has 1 amide bonds. The predicted molar refractivity (Wildman–Crippen MR) is 69.1 cm³/mol. The van der Waals surface area contributed by atoms with E-state index >= 15 is 0 Å². The topological polar surface area (TPSA) is 64.6 Å². The summed E-state index contributed by atoms with van der Waals surface area (Å²) in [5.74, 6) is -0.425. The number of rotatable bonds is 3. The Morgan fingerprint density at radius 3 is 2.89 bits per heavy atom. The van der Waals surface area contributed by atoms with E-state index in [4.69, 9.17) is 9.47 Å². The van der Waals surface area contributed by atoms with Crippen LogP contribution >= 0.6 is 0 Å². The Kier molecular flexibility index (Phi) is 4.52. The summed E-state index contributed by atoms with van der Waals surface area (Å²) in [6, 6.07) is 7.19. The molecule has 1 aliphatic heterocycles. The zero-order chi connectivity index (χ0) is 13.7. The fourth-order valence-corrected chi connectivity index (χ4v) is 2.14. The van der Waals surface area contributed by atoms with Crippen LogP contribution in [0.4, 0.5) is 4.79 Å². The highest BCUT2D eigenvalue weighted by molar-refractivity contribution is 5.97. The molecular weight excluding hydrogens is 246 g/mol. The van der Waals surface area contributed by atoms with Gasteiger partial charge in [-0.25, -0.2) is 9.59 Å². The molecule has 1 fully saturated rings. The van der Waals surface area contributed by atoms with Crippen LogP contribution in [-0.2, 0) is 9.47 Å². The number of ether oxygens (including phenoxy) is 2. The lowest BCUT2D eigenvalue weighted by atomic mass is 9.94. The fraction of sp³-hybridized carbons (Fsp3) is 0.429. The Labute approximate surface area is 111 Å². The van der Waals surface area contributed by atoms with E-state index in [0.29, 0.717) is 25.3 Å². The van der Waals surface area contributed by atoms with Crippen LogP contribution in [0, 0.1) is 0 Å². The first kappa shape index (κ1) is 13.5. The molecule has 2 rings (SSSR count). The molecule has 1 aromatic rings. The van der Waals surface area contributed by atoms with Crippen molar-refractivity contribution >= 4 is 12.1 Å². The van der Waals surface area contributed by atoms with Gasteiger partial charge in [-0.15, -0.1) is 0 Å². The summed E-state index contributed by atoms with van der Waals surface area (Å²) in [6.07, 6.45) is 0.163. The molecule has 19 heavy (non-hydrogen) atoms. The second-order valence-corrected chi connectivity index (χ2v) is 4.36. The number of carbonyl (C=O) groups is 2. The van der Waals surface area contributed by atoms with E-state index in [-0.39, 0.29) is 5.92 Å². The summed E-state index contributed by atoms with van der Waals surface area (Å²) in [6.45, 7) is 3.48. The fourth-order valence-electron chi connectivity index (χ4n) is 2.14. The van der Waals surface area contributed by atoms with Crippen molar-refractivity contribution in [3.8, 4) is 0 Å². The summed E-state index contributed by atoms with van der Waals surface area (Å²) < 4.78 is 10.1. The zero-order valence-electron chi connectivity index (χ0n) is 10.8. The Morgan fingerprint density at radius 2 is 2.21 bits per heavy atom. The van der Waals surface area contributed by atoms with E-state index in [9.17, 15) is 9.59 Å². The van der Waals surface area contributed by atoms with Gasteiger partial charge in [-0.2, -0.15) is 0 Å². The van der Waals surface area contributed by atoms with Gasteiger partial charge in [-0.3, -0.25) is 0 Å². The van der Waals surface area contributed by atoms with Crippen LogP contribution in [0.3, 0.4) is 0 Å². The van der Waals surface area contributed by atoms with Crippen molar-refractivity contribution in [2.45, 2.75) is 19.3 Å². The first-order valence-electron chi connectivity index (χ1n) is 6.39. The molecule has 0 radical (unpaired) electrons. The number of nitrogens with one attached hydrogen (secondary N) is 1. The molecule has 0 bridgehead atoms. The van der Waals surface area contributed by atoms with Crippen molar-refractivity contribution in [1.29, 1.82) is 0 Å². The molecule has 0 saturated carbocycles. The van der Waals surface area contributed by atoms with Crippen molar-refractivity contribution in [2.24, 2.45) is 0 Å². The van der Waals surface area contributed by atoms with Crippen LogP contribution < -0.4 is 5.32 Å². The van der Waals surface area contributed by atoms with Gasteiger partial charge in [0.1, 0.15) is 0 Å². The Balaban J connectivity index is 2.14. The van der Waals surface area contributed by atoms with Gasteiger partial charge in [0.25, 0.3) is 0 Å². The molecule has 5 heteroatoms. The SMILES string of the molecule is CCNC(=O)OC(=O)c1ccccc1C1CCOC1. The van der Waals surface area contributed by atoms with Gasteiger partial charge < -0.3 is 14.8 Å².